The minimum Gasteiger partial charge on any atom is -0.498 e. The highest BCUT2D eigenvalue weighted by molar-refractivity contribution is 8.32. The third kappa shape index (κ3) is 8.23. The first-order valence-corrected chi connectivity index (χ1v) is 7.83. The molecule has 0 bridgehead atoms. The van der Waals surface area contributed by atoms with Gasteiger partial charge in [-0.25, -0.2) is 10.0 Å². The molecule has 0 atom stereocenters. The van der Waals surface area contributed by atoms with Crippen molar-refractivity contribution in [2.24, 2.45) is 5.92 Å². The van der Waals surface area contributed by atoms with Crippen LogP contribution in [-0.2, 0) is 4.74 Å². The summed E-state index contributed by atoms with van der Waals surface area (Å²) in [5.74, 6) is 2.66. The summed E-state index contributed by atoms with van der Waals surface area (Å²) in [4.78, 5) is 0. The van der Waals surface area contributed by atoms with Crippen LogP contribution >= 0.6 is 10.0 Å². The maximum atomic E-state index is 5.52. The lowest BCUT2D eigenvalue weighted by atomic mass is 10.2. The van der Waals surface area contributed by atoms with Gasteiger partial charge in [-0.15, -0.1) is 0 Å². The molecule has 0 fully saturated rings. The highest BCUT2D eigenvalue weighted by Gasteiger charge is 2.04. The lowest BCUT2D eigenvalue weighted by Crippen LogP contribution is -2.05. The zero-order valence-corrected chi connectivity index (χ0v) is 10.5. The van der Waals surface area contributed by atoms with E-state index in [1.807, 2.05) is 0 Å². The van der Waals surface area contributed by atoms with Crippen molar-refractivity contribution in [3.05, 3.63) is 12.3 Å². The highest BCUT2D eigenvalue weighted by atomic mass is 32.3. The maximum absolute atomic E-state index is 5.52. The molecule has 0 N–H and O–H groups in total. The molecule has 13 heavy (non-hydrogen) atoms. The SMILES string of the molecule is C=C(OCCCS(C)(C)C)C(C)C. The van der Waals surface area contributed by atoms with Crippen LogP contribution in [0.3, 0.4) is 0 Å². The second-order valence-electron chi connectivity index (χ2n) is 4.62. The zero-order valence-electron chi connectivity index (χ0n) is 9.72. The van der Waals surface area contributed by atoms with E-state index in [2.05, 4.69) is 39.2 Å². The van der Waals surface area contributed by atoms with Gasteiger partial charge in [0.15, 0.2) is 0 Å². The van der Waals surface area contributed by atoms with Crippen molar-refractivity contribution in [2.45, 2.75) is 20.3 Å². The summed E-state index contributed by atoms with van der Waals surface area (Å²) in [5.41, 5.74) is 0. The topological polar surface area (TPSA) is 9.23 Å². The van der Waals surface area contributed by atoms with Gasteiger partial charge in [-0.1, -0.05) is 20.4 Å². The van der Waals surface area contributed by atoms with Crippen LogP contribution in [0.4, 0.5) is 0 Å². The quantitative estimate of drug-likeness (QED) is 0.477. The van der Waals surface area contributed by atoms with E-state index in [9.17, 15) is 0 Å². The second-order valence-corrected chi connectivity index (χ2v) is 9.21. The summed E-state index contributed by atoms with van der Waals surface area (Å²) in [6.07, 6.45) is 8.17. The van der Waals surface area contributed by atoms with Crippen LogP contribution in [0.2, 0.25) is 0 Å². The molecule has 0 spiro atoms. The average molecular weight is 204 g/mol. The minimum absolute atomic E-state index is 0.352. The Bertz CT molecular complexity index is 156. The van der Waals surface area contributed by atoms with Crippen LogP contribution in [0.15, 0.2) is 12.3 Å². The van der Waals surface area contributed by atoms with E-state index in [0.29, 0.717) is 5.92 Å². The molecule has 0 aromatic rings. The Hall–Kier alpha value is -0.110. The smallest absolute Gasteiger partial charge is 0.0913 e. The fourth-order valence-corrected chi connectivity index (χ4v) is 1.85. The van der Waals surface area contributed by atoms with Crippen LogP contribution < -0.4 is 0 Å². The van der Waals surface area contributed by atoms with Gasteiger partial charge >= 0.3 is 0 Å². The third-order valence-electron chi connectivity index (χ3n) is 1.83. The zero-order chi connectivity index (χ0) is 10.5. The number of allylic oxidation sites excluding steroid dienone is 1. The molecular weight excluding hydrogens is 180 g/mol. The van der Waals surface area contributed by atoms with Gasteiger partial charge in [-0.3, -0.25) is 0 Å². The van der Waals surface area contributed by atoms with Crippen LogP contribution in [0.1, 0.15) is 20.3 Å². The summed E-state index contributed by atoms with van der Waals surface area (Å²) < 4.78 is 5.52. The molecule has 0 unspecified atom stereocenters. The molecule has 0 aliphatic rings. The van der Waals surface area contributed by atoms with Gasteiger partial charge in [-0.05, 0) is 30.9 Å². The molecular formula is C11H24OS. The third-order valence-corrected chi connectivity index (χ3v) is 3.35. The van der Waals surface area contributed by atoms with E-state index in [1.165, 1.54) is 5.75 Å². The maximum Gasteiger partial charge on any atom is 0.0913 e. The molecule has 80 valence electrons. The Morgan fingerprint density at radius 3 is 2.23 bits per heavy atom. The van der Waals surface area contributed by atoms with E-state index < -0.39 is 0 Å². The average Bonchev–Trinajstić information content (AvgIpc) is 1.95. The molecule has 2 heteroatoms. The van der Waals surface area contributed by atoms with E-state index in [1.54, 1.807) is 0 Å². The first-order chi connectivity index (χ1) is 5.83. The molecule has 0 aliphatic carbocycles. The second kappa shape index (κ2) is 5.58. The molecule has 0 rings (SSSR count). The van der Waals surface area contributed by atoms with E-state index in [-0.39, 0.29) is 10.0 Å². The summed E-state index contributed by atoms with van der Waals surface area (Å²) in [6, 6.07) is 0. The minimum atomic E-state index is -0.352. The molecule has 0 saturated carbocycles. The van der Waals surface area contributed by atoms with Gasteiger partial charge in [0, 0.05) is 5.92 Å². The molecule has 0 heterocycles. The van der Waals surface area contributed by atoms with Gasteiger partial charge in [0.05, 0.1) is 12.4 Å². The van der Waals surface area contributed by atoms with Crippen molar-refractivity contribution in [2.75, 3.05) is 31.1 Å². The number of hydrogen-bond acceptors (Lipinski definition) is 1. The fraction of sp³-hybridized carbons (Fsp3) is 0.818. The van der Waals surface area contributed by atoms with Crippen molar-refractivity contribution in [1.82, 2.24) is 0 Å². The Balaban J connectivity index is 3.42. The molecule has 0 saturated heterocycles. The number of ether oxygens (including phenoxy) is 1. The van der Waals surface area contributed by atoms with Gasteiger partial charge in [0.1, 0.15) is 0 Å². The van der Waals surface area contributed by atoms with Crippen LogP contribution in [-0.4, -0.2) is 31.1 Å². The largest absolute Gasteiger partial charge is 0.498 e. The Labute approximate surface area is 84.9 Å². The van der Waals surface area contributed by atoms with Crippen molar-refractivity contribution >= 4 is 10.0 Å². The van der Waals surface area contributed by atoms with Gasteiger partial charge < -0.3 is 4.74 Å². The highest BCUT2D eigenvalue weighted by Crippen LogP contribution is 2.34. The monoisotopic (exact) mass is 204 g/mol. The lowest BCUT2D eigenvalue weighted by Gasteiger charge is -2.25. The number of rotatable bonds is 6. The van der Waals surface area contributed by atoms with E-state index >= 15 is 0 Å². The van der Waals surface area contributed by atoms with Crippen molar-refractivity contribution < 1.29 is 4.74 Å². The molecule has 1 nitrogen and oxygen atoms in total. The first kappa shape index (κ1) is 12.9. The van der Waals surface area contributed by atoms with Gasteiger partial charge in [-0.2, -0.15) is 0 Å². The van der Waals surface area contributed by atoms with E-state index in [0.717, 1.165) is 18.8 Å². The molecule has 0 aliphatic heterocycles. The van der Waals surface area contributed by atoms with Crippen LogP contribution in [0, 0.1) is 5.92 Å². The van der Waals surface area contributed by atoms with Crippen molar-refractivity contribution in [3.8, 4) is 0 Å². The fourth-order valence-electron chi connectivity index (χ4n) is 0.862. The van der Waals surface area contributed by atoms with Gasteiger partial charge in [0.2, 0.25) is 0 Å². The predicted octanol–water partition coefficient (Wildman–Crippen LogP) is 3.26. The van der Waals surface area contributed by atoms with E-state index in [4.69, 9.17) is 4.74 Å². The van der Waals surface area contributed by atoms with Crippen molar-refractivity contribution in [3.63, 3.8) is 0 Å². The van der Waals surface area contributed by atoms with Crippen molar-refractivity contribution in [1.29, 1.82) is 0 Å². The van der Waals surface area contributed by atoms with Gasteiger partial charge in [0.25, 0.3) is 0 Å². The molecule has 0 aromatic carbocycles. The summed E-state index contributed by atoms with van der Waals surface area (Å²) in [6.45, 7) is 8.92. The van der Waals surface area contributed by atoms with Crippen LogP contribution in [0.25, 0.3) is 0 Å². The Morgan fingerprint density at radius 2 is 1.85 bits per heavy atom. The summed E-state index contributed by atoms with van der Waals surface area (Å²) >= 11 is 0. The standard InChI is InChI=1S/C11H24OS/c1-10(2)11(3)12-8-7-9-13(4,5)6/h10H,3,7-9H2,1-2,4-6H3. The normalized spacial score (nSPS) is 13.1. The summed E-state index contributed by atoms with van der Waals surface area (Å²) in [5, 5.41) is 0. The first-order valence-electron chi connectivity index (χ1n) is 4.80. The number of hydrogen-bond donors (Lipinski definition) is 0. The lowest BCUT2D eigenvalue weighted by molar-refractivity contribution is 0.188. The van der Waals surface area contributed by atoms with Crippen LogP contribution in [0.5, 0.6) is 0 Å². The Morgan fingerprint density at radius 1 is 1.31 bits per heavy atom. The molecule has 0 aromatic heterocycles. The predicted molar refractivity (Wildman–Crippen MR) is 64.8 cm³/mol. The Kier molecular flexibility index (Phi) is 5.54. The molecule has 0 amide bonds. The molecule has 0 radical (unpaired) electrons. The summed E-state index contributed by atoms with van der Waals surface area (Å²) in [7, 11) is -0.352.